The summed E-state index contributed by atoms with van der Waals surface area (Å²) in [6.45, 7) is 0.388. The summed E-state index contributed by atoms with van der Waals surface area (Å²) in [5.74, 6) is 2.90. The molecule has 1 saturated heterocycles. The van der Waals surface area contributed by atoms with Gasteiger partial charge in [0.2, 0.25) is 11.8 Å². The largest absolute Gasteiger partial charge is 0.350 e. The van der Waals surface area contributed by atoms with Crippen LogP contribution in [0.2, 0.25) is 0 Å². The van der Waals surface area contributed by atoms with Gasteiger partial charge in [-0.2, -0.15) is 0 Å². The maximum absolute atomic E-state index is 13.1. The van der Waals surface area contributed by atoms with Crippen LogP contribution in [0.15, 0.2) is 29.2 Å². The first kappa shape index (κ1) is 21.8. The number of nitrogens with zero attached hydrogens (tertiary/aromatic N) is 1. The molecule has 1 aromatic rings. The van der Waals surface area contributed by atoms with Crippen LogP contribution in [0.25, 0.3) is 0 Å². The molecule has 2 fully saturated rings. The summed E-state index contributed by atoms with van der Waals surface area (Å²) < 4.78 is 0. The van der Waals surface area contributed by atoms with Crippen LogP contribution in [-0.2, 0) is 16.0 Å². The molecule has 5 heteroatoms. The van der Waals surface area contributed by atoms with E-state index in [0.29, 0.717) is 25.8 Å². The van der Waals surface area contributed by atoms with E-state index in [9.17, 15) is 9.59 Å². The molecular formula is C24H32N2O2S. The fourth-order valence-electron chi connectivity index (χ4n) is 4.72. The summed E-state index contributed by atoms with van der Waals surface area (Å²) >= 11 is 1.72. The highest BCUT2D eigenvalue weighted by Gasteiger charge is 2.38. The first-order valence-corrected chi connectivity index (χ1v) is 11.9. The van der Waals surface area contributed by atoms with Crippen molar-refractivity contribution in [3.05, 3.63) is 29.8 Å². The van der Waals surface area contributed by atoms with Crippen molar-refractivity contribution in [2.24, 2.45) is 0 Å². The fourth-order valence-corrected chi connectivity index (χ4v) is 5.13. The lowest BCUT2D eigenvalue weighted by atomic mass is 9.84. The summed E-state index contributed by atoms with van der Waals surface area (Å²) in [6, 6.07) is 8.78. The van der Waals surface area contributed by atoms with E-state index in [-0.39, 0.29) is 23.4 Å². The highest BCUT2D eigenvalue weighted by molar-refractivity contribution is 7.98. The van der Waals surface area contributed by atoms with Crippen LogP contribution in [0.4, 0.5) is 0 Å². The van der Waals surface area contributed by atoms with Gasteiger partial charge in [-0.1, -0.05) is 37.3 Å². The Kier molecular flexibility index (Phi) is 7.66. The molecule has 1 unspecified atom stereocenters. The van der Waals surface area contributed by atoms with Crippen molar-refractivity contribution in [1.29, 1.82) is 0 Å². The number of terminal acetylenes is 1. The van der Waals surface area contributed by atoms with Gasteiger partial charge in [0.1, 0.15) is 0 Å². The molecule has 1 saturated carbocycles. The molecule has 0 aromatic heterocycles. The average Bonchev–Trinajstić information content (AvgIpc) is 3.12. The molecule has 1 heterocycles. The second-order valence-electron chi connectivity index (χ2n) is 8.37. The molecule has 1 atom stereocenters. The summed E-state index contributed by atoms with van der Waals surface area (Å²) in [5, 5.41) is 3.20. The van der Waals surface area contributed by atoms with Crippen LogP contribution >= 0.6 is 11.8 Å². The minimum atomic E-state index is -0.331. The summed E-state index contributed by atoms with van der Waals surface area (Å²) in [6.07, 6.45) is 16.5. The van der Waals surface area contributed by atoms with Crippen molar-refractivity contribution >= 4 is 23.6 Å². The van der Waals surface area contributed by atoms with Crippen molar-refractivity contribution < 1.29 is 9.59 Å². The van der Waals surface area contributed by atoms with E-state index in [0.717, 1.165) is 25.7 Å². The summed E-state index contributed by atoms with van der Waals surface area (Å²) in [7, 11) is 0. The van der Waals surface area contributed by atoms with E-state index in [1.165, 1.54) is 29.7 Å². The minimum Gasteiger partial charge on any atom is -0.350 e. The van der Waals surface area contributed by atoms with Gasteiger partial charge in [-0.25, -0.2) is 0 Å². The Morgan fingerprint density at radius 3 is 2.59 bits per heavy atom. The first-order chi connectivity index (χ1) is 14.0. The summed E-state index contributed by atoms with van der Waals surface area (Å²) in [4.78, 5) is 28.2. The van der Waals surface area contributed by atoms with Gasteiger partial charge in [-0.3, -0.25) is 9.59 Å². The Bertz CT molecular complexity index is 749. The highest BCUT2D eigenvalue weighted by atomic mass is 32.2. The second-order valence-corrected chi connectivity index (χ2v) is 9.25. The molecule has 2 amide bonds. The van der Waals surface area contributed by atoms with Crippen molar-refractivity contribution in [3.63, 3.8) is 0 Å². The lowest BCUT2D eigenvalue weighted by Crippen LogP contribution is -2.46. The van der Waals surface area contributed by atoms with Crippen LogP contribution in [0.1, 0.15) is 63.4 Å². The van der Waals surface area contributed by atoms with Crippen molar-refractivity contribution in [3.8, 4) is 12.3 Å². The molecule has 156 valence electrons. The van der Waals surface area contributed by atoms with Gasteiger partial charge in [0.25, 0.3) is 0 Å². The average molecular weight is 413 g/mol. The SMILES string of the molecule is C#CCN(C(=O)CCC1(Cc2ccc(SC)cc2)CCC(=O)N1)C1CCCCC1. The molecule has 2 aliphatic rings. The standard InChI is InChI=1S/C24H32N2O2S/c1-3-17-26(20-7-5-4-6-8-20)23(28)14-16-24(15-13-22(27)25-24)18-19-9-11-21(29-2)12-10-19/h1,9-12,20H,4-8,13-18H2,2H3,(H,25,27). The number of nitrogens with one attached hydrogen (secondary N) is 1. The van der Waals surface area contributed by atoms with E-state index in [1.807, 2.05) is 4.90 Å². The zero-order valence-electron chi connectivity index (χ0n) is 17.4. The number of benzene rings is 1. The maximum atomic E-state index is 13.1. The van der Waals surface area contributed by atoms with E-state index >= 15 is 0 Å². The van der Waals surface area contributed by atoms with Crippen molar-refractivity contribution in [2.75, 3.05) is 12.8 Å². The third kappa shape index (κ3) is 5.79. The number of carbonyl (C=O) groups excluding carboxylic acids is 2. The number of hydrogen-bond donors (Lipinski definition) is 1. The Morgan fingerprint density at radius 1 is 1.28 bits per heavy atom. The second kappa shape index (κ2) is 10.2. The summed E-state index contributed by atoms with van der Waals surface area (Å²) in [5.41, 5.74) is 0.868. The molecule has 1 N–H and O–H groups in total. The topological polar surface area (TPSA) is 49.4 Å². The number of amides is 2. The molecular weight excluding hydrogens is 380 g/mol. The Hall–Kier alpha value is -1.93. The zero-order valence-corrected chi connectivity index (χ0v) is 18.2. The highest BCUT2D eigenvalue weighted by Crippen LogP contribution is 2.31. The normalized spacial score (nSPS) is 22.1. The molecule has 4 nitrogen and oxygen atoms in total. The van der Waals surface area contributed by atoms with Crippen LogP contribution in [0.5, 0.6) is 0 Å². The maximum Gasteiger partial charge on any atom is 0.223 e. The van der Waals surface area contributed by atoms with Crippen molar-refractivity contribution in [1.82, 2.24) is 10.2 Å². The number of hydrogen-bond acceptors (Lipinski definition) is 3. The van der Waals surface area contributed by atoms with Crippen molar-refractivity contribution in [2.45, 2.75) is 80.7 Å². The molecule has 3 rings (SSSR count). The molecule has 1 aromatic carbocycles. The Morgan fingerprint density at radius 2 is 2.00 bits per heavy atom. The zero-order chi connectivity index (χ0) is 20.7. The van der Waals surface area contributed by atoms with Crippen LogP contribution in [-0.4, -0.2) is 41.1 Å². The Labute approximate surface area is 179 Å². The molecule has 0 radical (unpaired) electrons. The van der Waals surface area contributed by atoms with Gasteiger partial charge in [-0.05, 0) is 56.1 Å². The van der Waals surface area contributed by atoms with Crippen LogP contribution in [0.3, 0.4) is 0 Å². The van der Waals surface area contributed by atoms with Gasteiger partial charge in [-0.15, -0.1) is 18.2 Å². The lowest BCUT2D eigenvalue weighted by molar-refractivity contribution is -0.134. The third-order valence-corrected chi connectivity index (χ3v) is 7.10. The monoisotopic (exact) mass is 412 g/mol. The molecule has 1 aliphatic carbocycles. The molecule has 0 spiro atoms. The van der Waals surface area contributed by atoms with Gasteiger partial charge in [0.05, 0.1) is 6.54 Å². The van der Waals surface area contributed by atoms with Crippen LogP contribution < -0.4 is 5.32 Å². The van der Waals surface area contributed by atoms with E-state index in [2.05, 4.69) is 41.8 Å². The van der Waals surface area contributed by atoms with E-state index < -0.39 is 0 Å². The predicted octanol–water partition coefficient (Wildman–Crippen LogP) is 4.17. The molecule has 0 bridgehead atoms. The molecule has 1 aliphatic heterocycles. The smallest absolute Gasteiger partial charge is 0.223 e. The minimum absolute atomic E-state index is 0.0888. The third-order valence-electron chi connectivity index (χ3n) is 6.35. The van der Waals surface area contributed by atoms with Gasteiger partial charge in [0.15, 0.2) is 0 Å². The van der Waals surface area contributed by atoms with Crippen LogP contribution in [0, 0.1) is 12.3 Å². The molecule has 29 heavy (non-hydrogen) atoms. The number of carbonyl (C=O) groups is 2. The number of rotatable bonds is 8. The first-order valence-electron chi connectivity index (χ1n) is 10.7. The van der Waals surface area contributed by atoms with E-state index in [4.69, 9.17) is 6.42 Å². The quantitative estimate of drug-likeness (QED) is 0.515. The Balaban J connectivity index is 1.66. The predicted molar refractivity (Wildman–Crippen MR) is 119 cm³/mol. The number of thioether (sulfide) groups is 1. The van der Waals surface area contributed by atoms with E-state index in [1.54, 1.807) is 11.8 Å². The lowest BCUT2D eigenvalue weighted by Gasteiger charge is -2.35. The fraction of sp³-hybridized carbons (Fsp3) is 0.583. The van der Waals surface area contributed by atoms with Gasteiger partial charge < -0.3 is 10.2 Å². The van der Waals surface area contributed by atoms with Gasteiger partial charge >= 0.3 is 0 Å². The van der Waals surface area contributed by atoms with Gasteiger partial charge in [0, 0.05) is 29.3 Å².